The average molecular weight is 335 g/mol. The summed E-state index contributed by atoms with van der Waals surface area (Å²) in [4.78, 5) is 19.2. The van der Waals surface area contributed by atoms with Crippen molar-refractivity contribution in [3.8, 4) is 10.6 Å². The molecule has 1 aliphatic rings. The van der Waals surface area contributed by atoms with E-state index in [1.807, 2.05) is 13.0 Å². The molecule has 5 heteroatoms. The van der Waals surface area contributed by atoms with Gasteiger partial charge in [-0.15, -0.1) is 22.7 Å². The van der Waals surface area contributed by atoms with Gasteiger partial charge in [-0.1, -0.05) is 25.3 Å². The number of thiazole rings is 1. The van der Waals surface area contributed by atoms with Gasteiger partial charge in [0.05, 0.1) is 15.6 Å². The number of amides is 1. The molecule has 3 rings (SSSR count). The Bertz CT molecular complexity index is 613. The number of carbonyl (C=O) groups excluding carboxylic acids is 1. The number of aromatic nitrogens is 1. The first-order chi connectivity index (χ1) is 10.7. The minimum atomic E-state index is 0.190. The Labute approximate surface area is 139 Å². The van der Waals surface area contributed by atoms with Gasteiger partial charge < -0.3 is 5.32 Å². The molecular weight excluding hydrogens is 312 g/mol. The Kier molecular flexibility index (Phi) is 5.26. The second-order valence-corrected chi connectivity index (χ2v) is 8.12. The van der Waals surface area contributed by atoms with Crippen LogP contribution in [0.25, 0.3) is 10.6 Å². The van der Waals surface area contributed by atoms with E-state index in [0.717, 1.165) is 30.0 Å². The van der Waals surface area contributed by atoms with Crippen LogP contribution in [0.15, 0.2) is 17.5 Å². The Morgan fingerprint density at radius 2 is 2.18 bits per heavy atom. The monoisotopic (exact) mass is 334 g/mol. The van der Waals surface area contributed by atoms with Gasteiger partial charge in [-0.05, 0) is 37.6 Å². The summed E-state index contributed by atoms with van der Waals surface area (Å²) in [5, 5.41) is 6.35. The van der Waals surface area contributed by atoms with E-state index in [2.05, 4.69) is 21.7 Å². The van der Waals surface area contributed by atoms with Crippen LogP contribution >= 0.6 is 22.7 Å². The molecule has 2 heterocycles. The van der Waals surface area contributed by atoms with Crippen LogP contribution in [-0.4, -0.2) is 16.9 Å². The third kappa shape index (κ3) is 3.96. The van der Waals surface area contributed by atoms with Crippen molar-refractivity contribution < 1.29 is 4.79 Å². The SMILES string of the molecule is Cc1nc(-c2cccs2)c(CCC(=O)NC2CCCCC2)s1. The normalized spacial score (nSPS) is 15.9. The fourth-order valence-electron chi connectivity index (χ4n) is 3.02. The lowest BCUT2D eigenvalue weighted by molar-refractivity contribution is -0.121. The van der Waals surface area contributed by atoms with Crippen molar-refractivity contribution in [3.05, 3.63) is 27.4 Å². The highest BCUT2D eigenvalue weighted by atomic mass is 32.1. The molecule has 1 aliphatic carbocycles. The van der Waals surface area contributed by atoms with Crippen LogP contribution in [-0.2, 0) is 11.2 Å². The Morgan fingerprint density at radius 1 is 1.36 bits per heavy atom. The minimum absolute atomic E-state index is 0.190. The van der Waals surface area contributed by atoms with E-state index < -0.39 is 0 Å². The van der Waals surface area contributed by atoms with Gasteiger partial charge in [-0.3, -0.25) is 4.79 Å². The summed E-state index contributed by atoms with van der Waals surface area (Å²) >= 11 is 3.43. The van der Waals surface area contributed by atoms with Gasteiger partial charge in [-0.2, -0.15) is 0 Å². The molecule has 1 amide bonds. The average Bonchev–Trinajstić information content (AvgIpc) is 3.15. The van der Waals surface area contributed by atoms with Gasteiger partial charge in [0, 0.05) is 17.3 Å². The Balaban J connectivity index is 1.58. The van der Waals surface area contributed by atoms with Crippen LogP contribution in [0.3, 0.4) is 0 Å². The van der Waals surface area contributed by atoms with E-state index in [0.29, 0.717) is 12.5 Å². The van der Waals surface area contributed by atoms with E-state index >= 15 is 0 Å². The quantitative estimate of drug-likeness (QED) is 0.871. The number of hydrogen-bond donors (Lipinski definition) is 1. The first-order valence-electron chi connectivity index (χ1n) is 8.02. The third-order valence-corrected chi connectivity index (χ3v) is 6.02. The highest BCUT2D eigenvalue weighted by Gasteiger charge is 2.17. The van der Waals surface area contributed by atoms with Crippen LogP contribution < -0.4 is 5.32 Å². The van der Waals surface area contributed by atoms with Gasteiger partial charge in [0.2, 0.25) is 5.91 Å². The highest BCUT2D eigenvalue weighted by molar-refractivity contribution is 7.15. The first kappa shape index (κ1) is 15.7. The lowest BCUT2D eigenvalue weighted by Gasteiger charge is -2.22. The molecule has 2 aromatic rings. The van der Waals surface area contributed by atoms with E-state index in [1.165, 1.54) is 29.0 Å². The van der Waals surface area contributed by atoms with Gasteiger partial charge in [0.25, 0.3) is 0 Å². The second kappa shape index (κ2) is 7.38. The lowest BCUT2D eigenvalue weighted by Crippen LogP contribution is -2.36. The summed E-state index contributed by atoms with van der Waals surface area (Å²) in [6.07, 6.45) is 7.46. The standard InChI is InChI=1S/C17H22N2OS2/c1-12-18-17(14-8-5-11-21-14)15(22-12)9-10-16(20)19-13-6-3-2-4-7-13/h5,8,11,13H,2-4,6-7,9-10H2,1H3,(H,19,20). The van der Waals surface area contributed by atoms with Crippen molar-refractivity contribution in [1.29, 1.82) is 0 Å². The number of hydrogen-bond acceptors (Lipinski definition) is 4. The Hall–Kier alpha value is -1.20. The molecule has 1 N–H and O–H groups in total. The lowest BCUT2D eigenvalue weighted by atomic mass is 9.95. The number of nitrogens with one attached hydrogen (secondary N) is 1. The molecule has 118 valence electrons. The molecule has 1 fully saturated rings. The summed E-state index contributed by atoms with van der Waals surface area (Å²) in [7, 11) is 0. The minimum Gasteiger partial charge on any atom is -0.353 e. The zero-order valence-corrected chi connectivity index (χ0v) is 14.6. The molecular formula is C17H22N2OS2. The summed E-state index contributed by atoms with van der Waals surface area (Å²) in [6, 6.07) is 4.56. The topological polar surface area (TPSA) is 42.0 Å². The van der Waals surface area contributed by atoms with Crippen LogP contribution in [0.2, 0.25) is 0 Å². The van der Waals surface area contributed by atoms with Crippen molar-refractivity contribution in [3.63, 3.8) is 0 Å². The maximum absolute atomic E-state index is 12.2. The summed E-state index contributed by atoms with van der Waals surface area (Å²) in [5.74, 6) is 0.190. The Morgan fingerprint density at radius 3 is 2.91 bits per heavy atom. The molecule has 2 aromatic heterocycles. The molecule has 0 aliphatic heterocycles. The van der Waals surface area contributed by atoms with Crippen LogP contribution in [0.1, 0.15) is 48.4 Å². The molecule has 0 bridgehead atoms. The van der Waals surface area contributed by atoms with Crippen molar-refractivity contribution in [2.24, 2.45) is 0 Å². The van der Waals surface area contributed by atoms with Gasteiger partial charge in [0.1, 0.15) is 0 Å². The summed E-state index contributed by atoms with van der Waals surface area (Å²) in [6.45, 7) is 2.04. The predicted octanol–water partition coefficient (Wildman–Crippen LogP) is 4.56. The maximum atomic E-state index is 12.2. The predicted molar refractivity (Wildman–Crippen MR) is 93.5 cm³/mol. The first-order valence-corrected chi connectivity index (χ1v) is 9.71. The smallest absolute Gasteiger partial charge is 0.220 e. The third-order valence-electron chi connectivity index (χ3n) is 4.11. The fourth-order valence-corrected chi connectivity index (χ4v) is 4.77. The van der Waals surface area contributed by atoms with E-state index in [1.54, 1.807) is 22.7 Å². The molecule has 0 unspecified atom stereocenters. The number of thiophene rings is 1. The number of carbonyl (C=O) groups is 1. The fraction of sp³-hybridized carbons (Fsp3) is 0.529. The number of rotatable bonds is 5. The molecule has 3 nitrogen and oxygen atoms in total. The molecule has 0 saturated heterocycles. The molecule has 22 heavy (non-hydrogen) atoms. The van der Waals surface area contributed by atoms with Crippen molar-refractivity contribution >= 4 is 28.6 Å². The molecule has 0 aromatic carbocycles. The van der Waals surface area contributed by atoms with Crippen molar-refractivity contribution in [1.82, 2.24) is 10.3 Å². The van der Waals surface area contributed by atoms with E-state index in [-0.39, 0.29) is 5.91 Å². The van der Waals surface area contributed by atoms with Crippen LogP contribution in [0.4, 0.5) is 0 Å². The number of aryl methyl sites for hydroxylation is 2. The zero-order chi connectivity index (χ0) is 15.4. The van der Waals surface area contributed by atoms with Gasteiger partial charge >= 0.3 is 0 Å². The van der Waals surface area contributed by atoms with Gasteiger partial charge in [-0.25, -0.2) is 4.98 Å². The second-order valence-electron chi connectivity index (χ2n) is 5.88. The van der Waals surface area contributed by atoms with Gasteiger partial charge in [0.15, 0.2) is 0 Å². The van der Waals surface area contributed by atoms with Crippen LogP contribution in [0, 0.1) is 6.92 Å². The largest absolute Gasteiger partial charge is 0.353 e. The molecule has 0 atom stereocenters. The number of nitrogens with zero attached hydrogens (tertiary/aromatic N) is 1. The molecule has 0 spiro atoms. The van der Waals surface area contributed by atoms with Crippen LogP contribution in [0.5, 0.6) is 0 Å². The van der Waals surface area contributed by atoms with E-state index in [9.17, 15) is 4.79 Å². The zero-order valence-electron chi connectivity index (χ0n) is 12.9. The van der Waals surface area contributed by atoms with E-state index in [4.69, 9.17) is 0 Å². The maximum Gasteiger partial charge on any atom is 0.220 e. The molecule has 0 radical (unpaired) electrons. The van der Waals surface area contributed by atoms with Crippen molar-refractivity contribution in [2.75, 3.05) is 0 Å². The highest BCUT2D eigenvalue weighted by Crippen LogP contribution is 2.32. The summed E-state index contributed by atoms with van der Waals surface area (Å²) < 4.78 is 0. The summed E-state index contributed by atoms with van der Waals surface area (Å²) in [5.41, 5.74) is 1.07. The molecule has 1 saturated carbocycles. The van der Waals surface area contributed by atoms with Crippen molar-refractivity contribution in [2.45, 2.75) is 57.9 Å².